The Morgan fingerprint density at radius 3 is 2.37 bits per heavy atom. The van der Waals surface area contributed by atoms with Gasteiger partial charge in [-0.1, -0.05) is 33.1 Å². The van der Waals surface area contributed by atoms with Crippen molar-refractivity contribution >= 4 is 11.8 Å². The SMILES string of the molecule is CC(C)CNC(=O)CNC(=O)C1(C#N)CCCCC1. The Bertz CT molecular complexity index is 365. The van der Waals surface area contributed by atoms with Crippen molar-refractivity contribution < 1.29 is 9.59 Å². The molecule has 5 heteroatoms. The van der Waals surface area contributed by atoms with Gasteiger partial charge in [0.25, 0.3) is 0 Å². The van der Waals surface area contributed by atoms with Crippen LogP contribution in [0.4, 0.5) is 0 Å². The van der Waals surface area contributed by atoms with E-state index in [1.165, 1.54) is 0 Å². The molecule has 106 valence electrons. The fraction of sp³-hybridized carbons (Fsp3) is 0.786. The highest BCUT2D eigenvalue weighted by Gasteiger charge is 2.39. The van der Waals surface area contributed by atoms with Gasteiger partial charge in [-0.25, -0.2) is 0 Å². The molecule has 0 aromatic heterocycles. The van der Waals surface area contributed by atoms with Crippen LogP contribution >= 0.6 is 0 Å². The Hall–Kier alpha value is -1.57. The molecule has 2 amide bonds. The molecule has 5 nitrogen and oxygen atoms in total. The van der Waals surface area contributed by atoms with Gasteiger partial charge in [-0.2, -0.15) is 5.26 Å². The Morgan fingerprint density at radius 2 is 1.84 bits per heavy atom. The molecule has 0 radical (unpaired) electrons. The summed E-state index contributed by atoms with van der Waals surface area (Å²) in [6, 6.07) is 2.15. The first-order chi connectivity index (χ1) is 9.00. The first kappa shape index (κ1) is 15.5. The second-order valence-electron chi connectivity index (χ2n) is 5.64. The lowest BCUT2D eigenvalue weighted by Gasteiger charge is -2.29. The number of carbonyl (C=O) groups is 2. The number of nitriles is 1. The van der Waals surface area contributed by atoms with Crippen molar-refractivity contribution in [1.82, 2.24) is 10.6 Å². The van der Waals surface area contributed by atoms with Crippen LogP contribution in [0.5, 0.6) is 0 Å². The van der Waals surface area contributed by atoms with Crippen LogP contribution in [0, 0.1) is 22.7 Å². The third-order valence-corrected chi connectivity index (χ3v) is 3.47. The van der Waals surface area contributed by atoms with Crippen LogP contribution in [0.3, 0.4) is 0 Å². The third kappa shape index (κ3) is 4.55. The lowest BCUT2D eigenvalue weighted by atomic mass is 9.74. The van der Waals surface area contributed by atoms with Crippen molar-refractivity contribution in [1.29, 1.82) is 5.26 Å². The number of nitrogens with one attached hydrogen (secondary N) is 2. The summed E-state index contributed by atoms with van der Waals surface area (Å²) in [6.07, 6.45) is 4.08. The van der Waals surface area contributed by atoms with Gasteiger partial charge in [-0.05, 0) is 18.8 Å². The van der Waals surface area contributed by atoms with Crippen molar-refractivity contribution in [2.75, 3.05) is 13.1 Å². The average molecular weight is 265 g/mol. The fourth-order valence-corrected chi connectivity index (χ4v) is 2.26. The van der Waals surface area contributed by atoms with Crippen molar-refractivity contribution in [3.63, 3.8) is 0 Å². The highest BCUT2D eigenvalue weighted by atomic mass is 16.2. The zero-order valence-electron chi connectivity index (χ0n) is 11.8. The van der Waals surface area contributed by atoms with Crippen molar-refractivity contribution in [3.05, 3.63) is 0 Å². The molecule has 0 heterocycles. The van der Waals surface area contributed by atoms with E-state index < -0.39 is 5.41 Å². The summed E-state index contributed by atoms with van der Waals surface area (Å²) in [5.74, 6) is -0.121. The van der Waals surface area contributed by atoms with Gasteiger partial charge in [-0.3, -0.25) is 9.59 Å². The van der Waals surface area contributed by atoms with Crippen molar-refractivity contribution in [3.8, 4) is 6.07 Å². The maximum Gasteiger partial charge on any atom is 0.240 e. The van der Waals surface area contributed by atoms with Crippen LogP contribution < -0.4 is 10.6 Å². The quantitative estimate of drug-likeness (QED) is 0.787. The summed E-state index contributed by atoms with van der Waals surface area (Å²) in [5, 5.41) is 14.6. The van der Waals surface area contributed by atoms with E-state index in [1.54, 1.807) is 0 Å². The van der Waals surface area contributed by atoms with E-state index in [2.05, 4.69) is 16.7 Å². The Kier molecular flexibility index (Phi) is 5.81. The minimum atomic E-state index is -0.920. The maximum atomic E-state index is 12.1. The van der Waals surface area contributed by atoms with Crippen LogP contribution in [0.15, 0.2) is 0 Å². The molecule has 0 aliphatic heterocycles. The Balaban J connectivity index is 2.41. The number of nitrogens with zero attached hydrogens (tertiary/aromatic N) is 1. The van der Waals surface area contributed by atoms with Crippen molar-refractivity contribution in [2.45, 2.75) is 46.0 Å². The van der Waals surface area contributed by atoms with Gasteiger partial charge in [0.1, 0.15) is 5.41 Å². The highest BCUT2D eigenvalue weighted by molar-refractivity contribution is 5.89. The molecule has 1 aliphatic rings. The zero-order valence-corrected chi connectivity index (χ0v) is 11.8. The molecular formula is C14H23N3O2. The lowest BCUT2D eigenvalue weighted by Crippen LogP contribution is -2.45. The van der Waals surface area contributed by atoms with Gasteiger partial charge >= 0.3 is 0 Å². The molecule has 0 bridgehead atoms. The molecule has 1 saturated carbocycles. The van der Waals surface area contributed by atoms with Crippen LogP contribution in [0.2, 0.25) is 0 Å². The van der Waals surface area contributed by atoms with Crippen LogP contribution in [0.25, 0.3) is 0 Å². The second-order valence-corrected chi connectivity index (χ2v) is 5.64. The predicted octanol–water partition coefficient (Wildman–Crippen LogP) is 1.35. The normalized spacial score (nSPS) is 17.6. The molecule has 0 aromatic rings. The van der Waals surface area contributed by atoms with Gasteiger partial charge < -0.3 is 10.6 Å². The second kappa shape index (κ2) is 7.13. The minimum Gasteiger partial charge on any atom is -0.354 e. The van der Waals surface area contributed by atoms with Gasteiger partial charge in [0.05, 0.1) is 12.6 Å². The number of hydrogen-bond donors (Lipinski definition) is 2. The van der Waals surface area contributed by atoms with E-state index in [4.69, 9.17) is 0 Å². The summed E-state index contributed by atoms with van der Waals surface area (Å²) in [4.78, 5) is 23.6. The van der Waals surface area contributed by atoms with E-state index in [0.717, 1.165) is 19.3 Å². The van der Waals surface area contributed by atoms with Gasteiger partial charge in [0, 0.05) is 6.54 Å². The summed E-state index contributed by atoms with van der Waals surface area (Å²) in [6.45, 7) is 4.56. The van der Waals surface area contributed by atoms with Crippen LogP contribution in [-0.4, -0.2) is 24.9 Å². The molecule has 0 unspecified atom stereocenters. The number of rotatable bonds is 5. The molecule has 2 N–H and O–H groups in total. The topological polar surface area (TPSA) is 82.0 Å². The standard InChI is InChI=1S/C14H23N3O2/c1-11(2)8-16-12(18)9-17-13(19)14(10-15)6-4-3-5-7-14/h11H,3-9H2,1-2H3,(H,16,18)(H,17,19). The highest BCUT2D eigenvalue weighted by Crippen LogP contribution is 2.35. The molecule has 19 heavy (non-hydrogen) atoms. The van der Waals surface area contributed by atoms with E-state index >= 15 is 0 Å². The third-order valence-electron chi connectivity index (χ3n) is 3.47. The molecule has 0 spiro atoms. The Labute approximate surface area is 114 Å². The molecule has 1 fully saturated rings. The summed E-state index contributed by atoms with van der Waals surface area (Å²) < 4.78 is 0. The number of hydrogen-bond acceptors (Lipinski definition) is 3. The largest absolute Gasteiger partial charge is 0.354 e. The fourth-order valence-electron chi connectivity index (χ4n) is 2.26. The van der Waals surface area contributed by atoms with E-state index in [-0.39, 0.29) is 18.4 Å². The smallest absolute Gasteiger partial charge is 0.240 e. The lowest BCUT2D eigenvalue weighted by molar-refractivity contribution is -0.132. The van der Waals surface area contributed by atoms with Gasteiger partial charge in [-0.15, -0.1) is 0 Å². The van der Waals surface area contributed by atoms with E-state index in [9.17, 15) is 14.9 Å². The minimum absolute atomic E-state index is 0.0466. The average Bonchev–Trinajstić information content (AvgIpc) is 2.43. The van der Waals surface area contributed by atoms with Gasteiger partial charge in [0.2, 0.25) is 11.8 Å². The predicted molar refractivity (Wildman–Crippen MR) is 72.0 cm³/mol. The monoisotopic (exact) mass is 265 g/mol. The molecular weight excluding hydrogens is 242 g/mol. The first-order valence-electron chi connectivity index (χ1n) is 6.96. The maximum absolute atomic E-state index is 12.1. The summed E-state index contributed by atoms with van der Waals surface area (Å²) in [5.41, 5.74) is -0.920. The molecule has 0 saturated heterocycles. The zero-order chi connectivity index (χ0) is 14.3. The van der Waals surface area contributed by atoms with E-state index in [0.29, 0.717) is 25.3 Å². The molecule has 1 aliphatic carbocycles. The van der Waals surface area contributed by atoms with Crippen LogP contribution in [0.1, 0.15) is 46.0 Å². The summed E-state index contributed by atoms with van der Waals surface area (Å²) in [7, 11) is 0. The number of amides is 2. The first-order valence-corrected chi connectivity index (χ1v) is 6.96. The molecule has 0 atom stereocenters. The Morgan fingerprint density at radius 1 is 1.21 bits per heavy atom. The number of carbonyl (C=O) groups excluding carboxylic acids is 2. The molecule has 0 aromatic carbocycles. The van der Waals surface area contributed by atoms with Crippen molar-refractivity contribution in [2.24, 2.45) is 11.3 Å². The molecule has 1 rings (SSSR count). The summed E-state index contributed by atoms with van der Waals surface area (Å²) >= 11 is 0. The van der Waals surface area contributed by atoms with Gasteiger partial charge in [0.15, 0.2) is 0 Å². The van der Waals surface area contributed by atoms with Crippen LogP contribution in [-0.2, 0) is 9.59 Å². The van der Waals surface area contributed by atoms with E-state index in [1.807, 2.05) is 13.8 Å².